The molecule has 0 unspecified atom stereocenters. The molecule has 29 heavy (non-hydrogen) atoms. The second-order valence-corrected chi connectivity index (χ2v) is 6.82. The number of ether oxygens (including phenoxy) is 2. The maximum absolute atomic E-state index is 12.4. The quantitative estimate of drug-likeness (QED) is 0.658. The van der Waals surface area contributed by atoms with Gasteiger partial charge in [0.05, 0.1) is 7.11 Å². The maximum atomic E-state index is 12.4. The van der Waals surface area contributed by atoms with Crippen molar-refractivity contribution in [3.05, 3.63) is 53.3 Å². The van der Waals surface area contributed by atoms with Crippen LogP contribution in [0.1, 0.15) is 34.5 Å². The zero-order chi connectivity index (χ0) is 20.8. The van der Waals surface area contributed by atoms with E-state index in [1.807, 2.05) is 0 Å². The van der Waals surface area contributed by atoms with Crippen molar-refractivity contribution in [1.29, 1.82) is 0 Å². The minimum Gasteiger partial charge on any atom is -0.493 e. The zero-order valence-electron chi connectivity index (χ0n) is 16.0. The fourth-order valence-corrected chi connectivity index (χ4v) is 2.82. The highest BCUT2D eigenvalue weighted by Gasteiger charge is 2.29. The third-order valence-corrected chi connectivity index (χ3v) is 4.51. The molecule has 0 radical (unpaired) electrons. The molecule has 1 amide bonds. The lowest BCUT2D eigenvalue weighted by molar-refractivity contribution is -0.119. The van der Waals surface area contributed by atoms with Gasteiger partial charge in [-0.2, -0.15) is 0 Å². The van der Waals surface area contributed by atoms with E-state index in [4.69, 9.17) is 9.47 Å². The summed E-state index contributed by atoms with van der Waals surface area (Å²) in [5, 5.41) is 2.78. The van der Waals surface area contributed by atoms with Gasteiger partial charge in [-0.25, -0.2) is 8.78 Å². The van der Waals surface area contributed by atoms with E-state index in [0.29, 0.717) is 17.0 Å². The third kappa shape index (κ3) is 5.97. The lowest BCUT2D eigenvalue weighted by Crippen LogP contribution is -2.23. The molecule has 1 heterocycles. The number of hydrogen-bond donors (Lipinski definition) is 1. The van der Waals surface area contributed by atoms with E-state index >= 15 is 0 Å². The van der Waals surface area contributed by atoms with Crippen molar-refractivity contribution in [3.8, 4) is 11.5 Å². The van der Waals surface area contributed by atoms with Crippen LogP contribution < -0.4 is 14.8 Å². The van der Waals surface area contributed by atoms with Crippen LogP contribution in [-0.4, -0.2) is 36.8 Å². The maximum Gasteiger partial charge on any atom is 0.272 e. The molecule has 1 aliphatic carbocycles. The van der Waals surface area contributed by atoms with E-state index in [2.05, 4.69) is 10.3 Å². The summed E-state index contributed by atoms with van der Waals surface area (Å²) in [6.45, 7) is -0.511. The minimum atomic E-state index is -2.58. The molecular weight excluding hydrogens is 382 g/mol. The molecule has 0 spiro atoms. The number of methoxy groups -OCH3 is 1. The van der Waals surface area contributed by atoms with Crippen LogP contribution in [0.5, 0.6) is 11.5 Å². The Hall–Kier alpha value is -3.03. The Labute approximate surface area is 167 Å². The lowest BCUT2D eigenvalue weighted by Gasteiger charge is -2.12. The van der Waals surface area contributed by atoms with E-state index < -0.39 is 13.0 Å². The van der Waals surface area contributed by atoms with E-state index in [1.165, 1.54) is 19.4 Å². The molecule has 1 aromatic heterocycles. The number of alkyl halides is 2. The molecule has 1 fully saturated rings. The number of rotatable bonds is 10. The van der Waals surface area contributed by atoms with Gasteiger partial charge in [-0.05, 0) is 42.7 Å². The fourth-order valence-electron chi connectivity index (χ4n) is 2.82. The van der Waals surface area contributed by atoms with Crippen molar-refractivity contribution >= 4 is 11.7 Å². The number of Topliss-reactive ketones (excluding diaryl/α,β-unsaturated/α-hetero) is 1. The van der Waals surface area contributed by atoms with Gasteiger partial charge in [0.15, 0.2) is 11.5 Å². The van der Waals surface area contributed by atoms with Crippen LogP contribution in [0.25, 0.3) is 0 Å². The summed E-state index contributed by atoms with van der Waals surface area (Å²) in [7, 11) is 1.41. The summed E-state index contributed by atoms with van der Waals surface area (Å²) in [4.78, 5) is 28.5. The smallest absolute Gasteiger partial charge is 0.272 e. The number of ketones is 1. The summed E-state index contributed by atoms with van der Waals surface area (Å²) in [5.41, 5.74) is 1.72. The first-order chi connectivity index (χ1) is 14.0. The van der Waals surface area contributed by atoms with Gasteiger partial charge in [0.25, 0.3) is 12.3 Å². The number of nitrogens with one attached hydrogen (secondary N) is 1. The Morgan fingerprint density at radius 1 is 1.21 bits per heavy atom. The van der Waals surface area contributed by atoms with Gasteiger partial charge in [0.2, 0.25) is 0 Å². The third-order valence-electron chi connectivity index (χ3n) is 4.51. The molecule has 0 bridgehead atoms. The Bertz CT molecular complexity index is 885. The summed E-state index contributed by atoms with van der Waals surface area (Å²) >= 11 is 0. The SMILES string of the molecule is COc1cc(CNC(=O)c2ccnc(CC(=O)C3CC3)c2)ccc1OCC(F)F. The number of nitrogens with zero attached hydrogens (tertiary/aromatic N) is 1. The first-order valence-corrected chi connectivity index (χ1v) is 9.30. The van der Waals surface area contributed by atoms with Crippen LogP contribution >= 0.6 is 0 Å². The number of amides is 1. The Morgan fingerprint density at radius 3 is 2.69 bits per heavy atom. The molecule has 0 saturated heterocycles. The van der Waals surface area contributed by atoms with E-state index in [0.717, 1.165) is 18.4 Å². The highest BCUT2D eigenvalue weighted by molar-refractivity contribution is 5.94. The van der Waals surface area contributed by atoms with Crippen molar-refractivity contribution in [2.75, 3.05) is 13.7 Å². The Morgan fingerprint density at radius 2 is 2.00 bits per heavy atom. The monoisotopic (exact) mass is 404 g/mol. The lowest BCUT2D eigenvalue weighted by atomic mass is 10.1. The molecule has 6 nitrogen and oxygen atoms in total. The molecule has 0 atom stereocenters. The van der Waals surface area contributed by atoms with Crippen LogP contribution in [-0.2, 0) is 17.8 Å². The van der Waals surface area contributed by atoms with Gasteiger partial charge in [-0.1, -0.05) is 6.07 Å². The van der Waals surface area contributed by atoms with Gasteiger partial charge in [-0.15, -0.1) is 0 Å². The van der Waals surface area contributed by atoms with Gasteiger partial charge < -0.3 is 14.8 Å². The van der Waals surface area contributed by atoms with Crippen LogP contribution in [0, 0.1) is 5.92 Å². The summed E-state index contributed by atoms with van der Waals surface area (Å²) in [6, 6.07) is 8.01. The topological polar surface area (TPSA) is 77.5 Å². The first-order valence-electron chi connectivity index (χ1n) is 9.30. The van der Waals surface area contributed by atoms with Gasteiger partial charge in [0.1, 0.15) is 12.4 Å². The number of benzene rings is 1. The predicted molar refractivity (Wildman–Crippen MR) is 101 cm³/mol. The van der Waals surface area contributed by atoms with Crippen molar-refractivity contribution in [2.45, 2.75) is 32.2 Å². The predicted octanol–water partition coefficient (Wildman–Crippen LogP) is 3.19. The average Bonchev–Trinajstić information content (AvgIpc) is 3.56. The highest BCUT2D eigenvalue weighted by Crippen LogP contribution is 2.31. The molecule has 1 aromatic carbocycles. The molecule has 8 heteroatoms. The number of pyridine rings is 1. The standard InChI is InChI=1S/C21H22F2N2O4/c1-28-19-8-13(2-5-18(19)29-12-20(22)23)11-25-21(27)15-6-7-24-16(9-15)10-17(26)14-3-4-14/h2,5-9,14,20H,3-4,10-12H2,1H3,(H,25,27). The highest BCUT2D eigenvalue weighted by atomic mass is 19.3. The molecule has 1 aliphatic rings. The fraction of sp³-hybridized carbons (Fsp3) is 0.381. The van der Waals surface area contributed by atoms with Crippen molar-refractivity contribution in [2.24, 2.45) is 5.92 Å². The summed E-state index contributed by atoms with van der Waals surface area (Å²) < 4.78 is 34.8. The minimum absolute atomic E-state index is 0.150. The number of aromatic nitrogens is 1. The zero-order valence-corrected chi connectivity index (χ0v) is 16.0. The van der Waals surface area contributed by atoms with Crippen LogP contribution in [0.4, 0.5) is 8.78 Å². The van der Waals surface area contributed by atoms with Crippen LogP contribution in [0.2, 0.25) is 0 Å². The summed E-state index contributed by atoms with van der Waals surface area (Å²) in [5.74, 6) is 0.530. The van der Waals surface area contributed by atoms with Crippen molar-refractivity contribution in [3.63, 3.8) is 0 Å². The molecular formula is C21H22F2N2O4. The molecule has 2 aromatic rings. The Kier molecular flexibility index (Phi) is 6.74. The van der Waals surface area contributed by atoms with Gasteiger partial charge >= 0.3 is 0 Å². The van der Waals surface area contributed by atoms with E-state index in [9.17, 15) is 18.4 Å². The van der Waals surface area contributed by atoms with E-state index in [1.54, 1.807) is 24.3 Å². The average molecular weight is 404 g/mol. The molecule has 3 rings (SSSR count). The second-order valence-electron chi connectivity index (χ2n) is 6.82. The molecule has 0 aliphatic heterocycles. The number of halogens is 2. The molecule has 154 valence electrons. The van der Waals surface area contributed by atoms with Crippen LogP contribution in [0.15, 0.2) is 36.5 Å². The van der Waals surface area contributed by atoms with Crippen LogP contribution in [0.3, 0.4) is 0 Å². The number of carbonyl (C=O) groups is 2. The van der Waals surface area contributed by atoms with Crippen molar-refractivity contribution < 1.29 is 27.8 Å². The first kappa shape index (κ1) is 20.7. The Balaban J connectivity index is 1.59. The van der Waals surface area contributed by atoms with Gasteiger partial charge in [-0.3, -0.25) is 14.6 Å². The largest absolute Gasteiger partial charge is 0.493 e. The molecule has 1 N–H and O–H groups in total. The number of carbonyl (C=O) groups excluding carboxylic acids is 2. The van der Waals surface area contributed by atoms with Crippen molar-refractivity contribution in [1.82, 2.24) is 10.3 Å². The van der Waals surface area contributed by atoms with E-state index in [-0.39, 0.29) is 36.3 Å². The second kappa shape index (κ2) is 9.45. The molecule has 1 saturated carbocycles. The normalized spacial score (nSPS) is 13.2. The summed E-state index contributed by atoms with van der Waals surface area (Å²) in [6.07, 6.45) is 1.05. The number of hydrogen-bond acceptors (Lipinski definition) is 5. The van der Waals surface area contributed by atoms with Gasteiger partial charge in [0, 0.05) is 36.3 Å².